The van der Waals surface area contributed by atoms with E-state index in [1.54, 1.807) is 36.4 Å². The quantitative estimate of drug-likeness (QED) is 0.471. The Kier molecular flexibility index (Phi) is 5.92. The Morgan fingerprint density at radius 2 is 1.93 bits per heavy atom. The van der Waals surface area contributed by atoms with Crippen LogP contribution in [0.2, 0.25) is 0 Å². The van der Waals surface area contributed by atoms with Crippen LogP contribution in [0.5, 0.6) is 11.5 Å². The maximum atomic E-state index is 12.1. The molecule has 28 heavy (non-hydrogen) atoms. The Labute approximate surface area is 162 Å². The van der Waals surface area contributed by atoms with E-state index in [4.69, 9.17) is 14.2 Å². The molecule has 2 aromatic rings. The van der Waals surface area contributed by atoms with Gasteiger partial charge in [0.05, 0.1) is 0 Å². The number of nitrogens with one attached hydrogen (secondary N) is 1. The highest BCUT2D eigenvalue weighted by atomic mass is 16.7. The summed E-state index contributed by atoms with van der Waals surface area (Å²) in [6.07, 6.45) is 2.27. The number of carbonyl (C=O) groups is 2. The van der Waals surface area contributed by atoms with Gasteiger partial charge in [-0.3, -0.25) is 4.79 Å². The molecule has 7 heteroatoms. The van der Waals surface area contributed by atoms with Crippen molar-refractivity contribution in [2.45, 2.75) is 13.3 Å². The van der Waals surface area contributed by atoms with Gasteiger partial charge in [0, 0.05) is 5.69 Å². The van der Waals surface area contributed by atoms with Crippen LogP contribution in [-0.4, -0.2) is 25.3 Å². The van der Waals surface area contributed by atoms with Crippen molar-refractivity contribution in [2.24, 2.45) is 0 Å². The van der Waals surface area contributed by atoms with Crippen LogP contribution < -0.4 is 14.8 Å². The predicted molar refractivity (Wildman–Crippen MR) is 102 cm³/mol. The lowest BCUT2D eigenvalue weighted by Crippen LogP contribution is -2.21. The molecule has 0 bridgehead atoms. The first-order valence-electron chi connectivity index (χ1n) is 8.66. The van der Waals surface area contributed by atoms with Crippen molar-refractivity contribution in [3.05, 3.63) is 59.2 Å². The maximum absolute atomic E-state index is 12.1. The van der Waals surface area contributed by atoms with Gasteiger partial charge in [0.15, 0.2) is 18.1 Å². The number of hydrogen-bond donors (Lipinski definition) is 1. The molecule has 0 saturated heterocycles. The molecule has 7 nitrogen and oxygen atoms in total. The summed E-state index contributed by atoms with van der Waals surface area (Å²) in [6, 6.07) is 14.2. The molecule has 0 fully saturated rings. The summed E-state index contributed by atoms with van der Waals surface area (Å²) < 4.78 is 15.4. The third-order valence-corrected chi connectivity index (χ3v) is 4.03. The Morgan fingerprint density at radius 1 is 1.18 bits per heavy atom. The normalized spacial score (nSPS) is 12.2. The average Bonchev–Trinajstić information content (AvgIpc) is 3.18. The summed E-state index contributed by atoms with van der Waals surface area (Å²) in [5, 5.41) is 11.9. The van der Waals surface area contributed by atoms with Crippen LogP contribution >= 0.6 is 0 Å². The van der Waals surface area contributed by atoms with Gasteiger partial charge in [0.25, 0.3) is 5.91 Å². The smallest absolute Gasteiger partial charge is 0.349 e. The lowest BCUT2D eigenvalue weighted by molar-refractivity contribution is -0.142. The highest BCUT2D eigenvalue weighted by molar-refractivity contribution is 6.00. The topological polar surface area (TPSA) is 97.7 Å². The molecule has 1 N–H and O–H groups in total. The van der Waals surface area contributed by atoms with Crippen LogP contribution in [0.1, 0.15) is 18.1 Å². The van der Waals surface area contributed by atoms with E-state index in [2.05, 4.69) is 5.32 Å². The highest BCUT2D eigenvalue weighted by Gasteiger charge is 2.16. The monoisotopic (exact) mass is 378 g/mol. The maximum Gasteiger partial charge on any atom is 0.349 e. The number of benzene rings is 2. The summed E-state index contributed by atoms with van der Waals surface area (Å²) in [5.74, 6) is -0.232. The Hall–Kier alpha value is -3.79. The van der Waals surface area contributed by atoms with E-state index in [0.29, 0.717) is 22.7 Å². The molecule has 1 aliphatic rings. The lowest BCUT2D eigenvalue weighted by Gasteiger charge is -2.07. The number of hydrogen-bond acceptors (Lipinski definition) is 6. The predicted octanol–water partition coefficient (Wildman–Crippen LogP) is 3.07. The second-order valence-electron chi connectivity index (χ2n) is 5.96. The molecule has 0 aromatic heterocycles. The number of amides is 1. The first-order valence-corrected chi connectivity index (χ1v) is 8.66. The van der Waals surface area contributed by atoms with E-state index in [0.717, 1.165) is 12.0 Å². The molecular formula is C21H18N2O5. The lowest BCUT2D eigenvalue weighted by atomic mass is 10.1. The standard InChI is InChI=1S/C21H18N2O5/c1-2-14-3-6-17(7-4-14)23-20(24)12-26-21(25)16(11-22)9-15-5-8-18-19(10-15)28-13-27-18/h3-10H,2,12-13H2,1H3,(H,23,24)/b16-9-. The number of nitriles is 1. The fourth-order valence-electron chi connectivity index (χ4n) is 2.54. The summed E-state index contributed by atoms with van der Waals surface area (Å²) in [6.45, 7) is 1.68. The van der Waals surface area contributed by atoms with Crippen molar-refractivity contribution in [3.63, 3.8) is 0 Å². The van der Waals surface area contributed by atoms with Gasteiger partial charge in [-0.05, 0) is 47.9 Å². The summed E-state index contributed by atoms with van der Waals surface area (Å²) in [7, 11) is 0. The van der Waals surface area contributed by atoms with Gasteiger partial charge in [0.2, 0.25) is 6.79 Å². The molecular weight excluding hydrogens is 360 g/mol. The minimum Gasteiger partial charge on any atom is -0.454 e. The molecule has 0 atom stereocenters. The second kappa shape index (κ2) is 8.73. The SMILES string of the molecule is CCc1ccc(NC(=O)COC(=O)/C(C#N)=C\c2ccc3c(c2)OCO3)cc1. The Balaban J connectivity index is 1.57. The fraction of sp³-hybridized carbons (Fsp3) is 0.190. The van der Waals surface area contributed by atoms with E-state index < -0.39 is 18.5 Å². The summed E-state index contributed by atoms with van der Waals surface area (Å²) >= 11 is 0. The number of esters is 1. The van der Waals surface area contributed by atoms with E-state index in [9.17, 15) is 14.9 Å². The van der Waals surface area contributed by atoms with Gasteiger partial charge < -0.3 is 19.5 Å². The van der Waals surface area contributed by atoms with Crippen molar-refractivity contribution in [1.29, 1.82) is 5.26 Å². The molecule has 0 saturated carbocycles. The van der Waals surface area contributed by atoms with Crippen molar-refractivity contribution < 1.29 is 23.8 Å². The van der Waals surface area contributed by atoms with E-state index in [1.165, 1.54) is 6.08 Å². The number of rotatable bonds is 6. The number of anilines is 1. The van der Waals surface area contributed by atoms with Crippen LogP contribution in [0.15, 0.2) is 48.0 Å². The molecule has 142 valence electrons. The van der Waals surface area contributed by atoms with Crippen LogP contribution in [0, 0.1) is 11.3 Å². The average molecular weight is 378 g/mol. The third kappa shape index (κ3) is 4.68. The minimum atomic E-state index is -0.878. The molecule has 1 aliphatic heterocycles. The molecule has 3 rings (SSSR count). The molecule has 0 aliphatic carbocycles. The molecule has 1 heterocycles. The van der Waals surface area contributed by atoms with Crippen LogP contribution in [0.4, 0.5) is 5.69 Å². The van der Waals surface area contributed by atoms with Crippen LogP contribution in [0.3, 0.4) is 0 Å². The number of aryl methyl sites for hydroxylation is 1. The van der Waals surface area contributed by atoms with Crippen LogP contribution in [0.25, 0.3) is 6.08 Å². The molecule has 0 spiro atoms. The van der Waals surface area contributed by atoms with Crippen LogP contribution in [-0.2, 0) is 20.7 Å². The van der Waals surface area contributed by atoms with Crippen molar-refractivity contribution in [3.8, 4) is 17.6 Å². The zero-order valence-corrected chi connectivity index (χ0v) is 15.2. The molecule has 1 amide bonds. The van der Waals surface area contributed by atoms with Gasteiger partial charge in [-0.1, -0.05) is 25.1 Å². The molecule has 0 radical (unpaired) electrons. The minimum absolute atomic E-state index is 0.131. The van der Waals surface area contributed by atoms with E-state index in [-0.39, 0.29) is 12.4 Å². The highest BCUT2D eigenvalue weighted by Crippen LogP contribution is 2.33. The van der Waals surface area contributed by atoms with Gasteiger partial charge in [-0.2, -0.15) is 5.26 Å². The third-order valence-electron chi connectivity index (χ3n) is 4.03. The van der Waals surface area contributed by atoms with Gasteiger partial charge in [-0.15, -0.1) is 0 Å². The van der Waals surface area contributed by atoms with Gasteiger partial charge >= 0.3 is 5.97 Å². The first-order chi connectivity index (χ1) is 13.6. The molecule has 0 unspecified atom stereocenters. The van der Waals surface area contributed by atoms with E-state index in [1.807, 2.05) is 19.1 Å². The zero-order chi connectivity index (χ0) is 19.9. The van der Waals surface area contributed by atoms with Crippen molar-refractivity contribution >= 4 is 23.6 Å². The van der Waals surface area contributed by atoms with E-state index >= 15 is 0 Å². The first kappa shape index (κ1) is 19.0. The fourth-order valence-corrected chi connectivity index (χ4v) is 2.54. The number of nitrogens with zero attached hydrogens (tertiary/aromatic N) is 1. The van der Waals surface area contributed by atoms with Gasteiger partial charge in [0.1, 0.15) is 11.6 Å². The summed E-state index contributed by atoms with van der Waals surface area (Å²) in [4.78, 5) is 24.1. The Morgan fingerprint density at radius 3 is 2.64 bits per heavy atom. The second-order valence-corrected chi connectivity index (χ2v) is 5.96. The number of carbonyl (C=O) groups excluding carboxylic acids is 2. The zero-order valence-electron chi connectivity index (χ0n) is 15.2. The largest absolute Gasteiger partial charge is 0.454 e. The molecule has 2 aromatic carbocycles. The van der Waals surface area contributed by atoms with Crippen molar-refractivity contribution in [1.82, 2.24) is 0 Å². The number of ether oxygens (including phenoxy) is 3. The van der Waals surface area contributed by atoms with Gasteiger partial charge in [-0.25, -0.2) is 4.79 Å². The summed E-state index contributed by atoms with van der Waals surface area (Å²) in [5.41, 5.74) is 2.11. The Bertz CT molecular complexity index is 958. The van der Waals surface area contributed by atoms with Crippen molar-refractivity contribution in [2.75, 3.05) is 18.7 Å². The number of fused-ring (bicyclic) bond motifs is 1.